The van der Waals surface area contributed by atoms with Crippen molar-refractivity contribution in [2.45, 2.75) is 58.7 Å². The van der Waals surface area contributed by atoms with Gasteiger partial charge in [-0.1, -0.05) is 18.6 Å². The first kappa shape index (κ1) is 14.6. The number of hydrogen-bond donors (Lipinski definition) is 0. The standard InChI is InChI=1S/C17H24O4/c1-9-5-6-13-14(9)15-12(10(2)16(19)20-15)7-8-17(13,4)21-11(3)18/h5,10,12-15H,6-8H2,1-4H3/t10-,12-,13+,14+,15-,17+/m0/s1. The van der Waals surface area contributed by atoms with Gasteiger partial charge in [-0.25, -0.2) is 0 Å². The van der Waals surface area contributed by atoms with E-state index >= 15 is 0 Å². The summed E-state index contributed by atoms with van der Waals surface area (Å²) >= 11 is 0. The largest absolute Gasteiger partial charge is 0.461 e. The third kappa shape index (κ3) is 2.19. The van der Waals surface area contributed by atoms with Crippen LogP contribution in [0.2, 0.25) is 0 Å². The molecule has 1 aliphatic heterocycles. The van der Waals surface area contributed by atoms with Gasteiger partial charge in [-0.3, -0.25) is 9.59 Å². The summed E-state index contributed by atoms with van der Waals surface area (Å²) in [5, 5.41) is 0. The minimum atomic E-state index is -0.457. The van der Waals surface area contributed by atoms with Gasteiger partial charge < -0.3 is 9.47 Å². The Morgan fingerprint density at radius 1 is 1.48 bits per heavy atom. The van der Waals surface area contributed by atoms with E-state index in [1.165, 1.54) is 12.5 Å². The molecule has 1 saturated heterocycles. The van der Waals surface area contributed by atoms with Crippen LogP contribution in [-0.2, 0) is 19.1 Å². The highest BCUT2D eigenvalue weighted by atomic mass is 16.6. The normalized spacial score (nSPS) is 45.2. The number of rotatable bonds is 1. The fraction of sp³-hybridized carbons (Fsp3) is 0.765. The molecule has 116 valence electrons. The smallest absolute Gasteiger partial charge is 0.309 e. The second kappa shape index (κ2) is 4.85. The second-order valence-electron chi connectivity index (χ2n) is 7.12. The average molecular weight is 292 g/mol. The molecule has 3 aliphatic rings. The number of hydrogen-bond acceptors (Lipinski definition) is 4. The quantitative estimate of drug-likeness (QED) is 0.551. The first-order valence-electron chi connectivity index (χ1n) is 7.90. The van der Waals surface area contributed by atoms with Crippen LogP contribution in [-0.4, -0.2) is 23.6 Å². The Morgan fingerprint density at radius 3 is 2.86 bits per heavy atom. The van der Waals surface area contributed by atoms with Gasteiger partial charge in [0.25, 0.3) is 0 Å². The fourth-order valence-corrected chi connectivity index (χ4v) is 4.67. The molecule has 0 unspecified atom stereocenters. The van der Waals surface area contributed by atoms with Crippen LogP contribution in [0.3, 0.4) is 0 Å². The Bertz CT molecular complexity index is 509. The lowest BCUT2D eigenvalue weighted by molar-refractivity contribution is -0.165. The van der Waals surface area contributed by atoms with E-state index in [4.69, 9.17) is 9.47 Å². The molecule has 0 aromatic rings. The number of esters is 2. The lowest BCUT2D eigenvalue weighted by Crippen LogP contribution is -2.43. The van der Waals surface area contributed by atoms with Gasteiger partial charge >= 0.3 is 11.9 Å². The Balaban J connectivity index is 1.97. The van der Waals surface area contributed by atoms with Crippen LogP contribution < -0.4 is 0 Å². The Hall–Kier alpha value is -1.32. The molecule has 0 amide bonds. The van der Waals surface area contributed by atoms with Crippen LogP contribution in [0.4, 0.5) is 0 Å². The monoisotopic (exact) mass is 292 g/mol. The highest BCUT2D eigenvalue weighted by Crippen LogP contribution is 2.53. The van der Waals surface area contributed by atoms with E-state index in [1.807, 2.05) is 13.8 Å². The number of carbonyl (C=O) groups excluding carboxylic acids is 2. The van der Waals surface area contributed by atoms with Crippen LogP contribution in [0, 0.1) is 23.7 Å². The lowest BCUT2D eigenvalue weighted by atomic mass is 9.76. The molecule has 4 nitrogen and oxygen atoms in total. The summed E-state index contributed by atoms with van der Waals surface area (Å²) in [5.41, 5.74) is 0.818. The van der Waals surface area contributed by atoms with E-state index in [0.717, 1.165) is 19.3 Å². The van der Waals surface area contributed by atoms with Crippen LogP contribution >= 0.6 is 0 Å². The molecule has 0 radical (unpaired) electrons. The van der Waals surface area contributed by atoms with Crippen molar-refractivity contribution in [2.24, 2.45) is 23.7 Å². The fourth-order valence-electron chi connectivity index (χ4n) is 4.67. The molecule has 0 spiro atoms. The molecule has 1 saturated carbocycles. The maximum Gasteiger partial charge on any atom is 0.309 e. The Kier molecular flexibility index (Phi) is 3.38. The molecule has 0 N–H and O–H groups in total. The first-order chi connectivity index (χ1) is 9.83. The van der Waals surface area contributed by atoms with Gasteiger partial charge in [0.1, 0.15) is 11.7 Å². The van der Waals surface area contributed by atoms with Crippen molar-refractivity contribution in [3.05, 3.63) is 11.6 Å². The van der Waals surface area contributed by atoms with Gasteiger partial charge in [0.15, 0.2) is 0 Å². The van der Waals surface area contributed by atoms with Gasteiger partial charge in [0, 0.05) is 24.7 Å². The molecule has 0 aromatic carbocycles. The summed E-state index contributed by atoms with van der Waals surface area (Å²) in [7, 11) is 0. The third-order valence-corrected chi connectivity index (χ3v) is 5.83. The van der Waals surface area contributed by atoms with E-state index in [9.17, 15) is 9.59 Å². The van der Waals surface area contributed by atoms with E-state index in [-0.39, 0.29) is 41.7 Å². The Morgan fingerprint density at radius 2 is 2.19 bits per heavy atom. The molecule has 21 heavy (non-hydrogen) atoms. The van der Waals surface area contributed by atoms with Crippen LogP contribution in [0.15, 0.2) is 11.6 Å². The summed E-state index contributed by atoms with van der Waals surface area (Å²) < 4.78 is 11.5. The maximum atomic E-state index is 12.0. The van der Waals surface area contributed by atoms with Crippen LogP contribution in [0.1, 0.15) is 47.0 Å². The van der Waals surface area contributed by atoms with Crippen molar-refractivity contribution in [1.29, 1.82) is 0 Å². The van der Waals surface area contributed by atoms with E-state index in [2.05, 4.69) is 13.0 Å². The van der Waals surface area contributed by atoms with E-state index in [0.29, 0.717) is 0 Å². The van der Waals surface area contributed by atoms with Crippen LogP contribution in [0.25, 0.3) is 0 Å². The summed E-state index contributed by atoms with van der Waals surface area (Å²) in [6.45, 7) is 7.60. The lowest BCUT2D eigenvalue weighted by Gasteiger charge is -2.38. The predicted molar refractivity (Wildman–Crippen MR) is 77.3 cm³/mol. The summed E-state index contributed by atoms with van der Waals surface area (Å²) in [6, 6.07) is 0. The topological polar surface area (TPSA) is 52.6 Å². The number of ether oxygens (including phenoxy) is 2. The minimum absolute atomic E-state index is 0.0476. The van der Waals surface area contributed by atoms with Crippen molar-refractivity contribution in [2.75, 3.05) is 0 Å². The maximum absolute atomic E-state index is 12.0. The number of fused-ring (bicyclic) bond motifs is 3. The van der Waals surface area contributed by atoms with Crippen molar-refractivity contribution >= 4 is 11.9 Å². The molecule has 6 atom stereocenters. The van der Waals surface area contributed by atoms with Crippen molar-refractivity contribution in [3.8, 4) is 0 Å². The molecule has 0 aromatic heterocycles. The zero-order valence-corrected chi connectivity index (χ0v) is 13.2. The highest BCUT2D eigenvalue weighted by Gasteiger charge is 2.56. The van der Waals surface area contributed by atoms with E-state index < -0.39 is 5.60 Å². The molecule has 2 fully saturated rings. The second-order valence-corrected chi connectivity index (χ2v) is 7.12. The summed E-state index contributed by atoms with van der Waals surface area (Å²) in [6.07, 6.45) is 4.75. The van der Waals surface area contributed by atoms with Gasteiger partial charge in [0.05, 0.1) is 5.92 Å². The first-order valence-corrected chi connectivity index (χ1v) is 7.90. The van der Waals surface area contributed by atoms with Crippen molar-refractivity contribution < 1.29 is 19.1 Å². The SMILES string of the molecule is CC(=O)O[C@]1(C)CC[C@@H]2[C@H](OC(=O)[C@H]2C)[C@@H]2C(C)=CC[C@H]21. The molecule has 4 heteroatoms. The average Bonchev–Trinajstić information content (AvgIpc) is 2.85. The molecule has 0 bridgehead atoms. The van der Waals surface area contributed by atoms with E-state index in [1.54, 1.807) is 0 Å². The zero-order valence-electron chi connectivity index (χ0n) is 13.2. The number of allylic oxidation sites excluding steroid dienone is 1. The highest BCUT2D eigenvalue weighted by molar-refractivity contribution is 5.75. The molecular formula is C17H24O4. The third-order valence-electron chi connectivity index (χ3n) is 5.83. The Labute approximate surface area is 125 Å². The summed E-state index contributed by atoms with van der Waals surface area (Å²) in [5.74, 6) is 0.301. The molecule has 3 rings (SSSR count). The van der Waals surface area contributed by atoms with Crippen molar-refractivity contribution in [3.63, 3.8) is 0 Å². The number of carbonyl (C=O) groups is 2. The van der Waals surface area contributed by atoms with Crippen molar-refractivity contribution in [1.82, 2.24) is 0 Å². The van der Waals surface area contributed by atoms with Gasteiger partial charge in [-0.15, -0.1) is 0 Å². The minimum Gasteiger partial charge on any atom is -0.461 e. The molecule has 2 aliphatic carbocycles. The zero-order chi connectivity index (χ0) is 15.4. The predicted octanol–water partition coefficient (Wildman–Crippen LogP) is 2.86. The van der Waals surface area contributed by atoms with Gasteiger partial charge in [-0.05, 0) is 33.1 Å². The molecular weight excluding hydrogens is 268 g/mol. The van der Waals surface area contributed by atoms with Gasteiger partial charge in [0.2, 0.25) is 0 Å². The van der Waals surface area contributed by atoms with Crippen LogP contribution in [0.5, 0.6) is 0 Å². The molecule has 1 heterocycles. The summed E-state index contributed by atoms with van der Waals surface area (Å²) in [4.78, 5) is 23.5. The van der Waals surface area contributed by atoms with Gasteiger partial charge in [-0.2, -0.15) is 0 Å².